The van der Waals surface area contributed by atoms with Gasteiger partial charge in [-0.1, -0.05) is 13.8 Å². The van der Waals surface area contributed by atoms with Crippen LogP contribution in [0.25, 0.3) is 0 Å². The lowest BCUT2D eigenvalue weighted by molar-refractivity contribution is 0.691. The van der Waals surface area contributed by atoms with Gasteiger partial charge in [-0.05, 0) is 26.2 Å². The second-order valence-corrected chi connectivity index (χ2v) is 5.64. The van der Waals surface area contributed by atoms with Crippen LogP contribution in [-0.2, 0) is 6.54 Å². The molecule has 2 rings (SSSR count). The average Bonchev–Trinajstić information content (AvgIpc) is 2.99. The molecular formula is C12H20N2S. The first-order chi connectivity index (χ1) is 7.20. The molecule has 1 aromatic heterocycles. The Labute approximate surface area is 96.1 Å². The second kappa shape index (κ2) is 4.62. The summed E-state index contributed by atoms with van der Waals surface area (Å²) in [4.78, 5) is 6.09. The Morgan fingerprint density at radius 1 is 1.53 bits per heavy atom. The van der Waals surface area contributed by atoms with Crippen molar-refractivity contribution in [2.75, 3.05) is 0 Å². The van der Waals surface area contributed by atoms with Crippen LogP contribution in [0.1, 0.15) is 54.6 Å². The summed E-state index contributed by atoms with van der Waals surface area (Å²) in [5.74, 6) is 0.614. The minimum absolute atomic E-state index is 0.614. The molecule has 0 spiro atoms. The van der Waals surface area contributed by atoms with Crippen LogP contribution in [0.3, 0.4) is 0 Å². The Bertz CT molecular complexity index is 328. The van der Waals surface area contributed by atoms with Crippen molar-refractivity contribution in [3.63, 3.8) is 0 Å². The fourth-order valence-corrected chi connectivity index (χ4v) is 2.68. The highest BCUT2D eigenvalue weighted by atomic mass is 32.1. The van der Waals surface area contributed by atoms with Gasteiger partial charge in [0.15, 0.2) is 0 Å². The lowest BCUT2D eigenvalue weighted by Gasteiger charge is -2.01. The van der Waals surface area contributed by atoms with Crippen molar-refractivity contribution in [2.45, 2.75) is 58.5 Å². The van der Waals surface area contributed by atoms with Gasteiger partial charge in [0.2, 0.25) is 0 Å². The molecule has 1 unspecified atom stereocenters. The lowest BCUT2D eigenvalue weighted by atomic mass is 10.1. The predicted molar refractivity (Wildman–Crippen MR) is 65.4 cm³/mol. The predicted octanol–water partition coefficient (Wildman–Crippen LogP) is 3.22. The normalized spacial score (nSPS) is 18.1. The van der Waals surface area contributed by atoms with Crippen LogP contribution in [0.15, 0.2) is 0 Å². The summed E-state index contributed by atoms with van der Waals surface area (Å²) in [6.07, 6.45) is 3.90. The van der Waals surface area contributed by atoms with Gasteiger partial charge in [0.05, 0.1) is 10.7 Å². The molecule has 1 saturated carbocycles. The zero-order valence-electron chi connectivity index (χ0n) is 9.84. The number of hydrogen-bond donors (Lipinski definition) is 1. The molecule has 1 atom stereocenters. The second-order valence-electron chi connectivity index (χ2n) is 4.53. The third kappa shape index (κ3) is 2.79. The van der Waals surface area contributed by atoms with Crippen molar-refractivity contribution in [2.24, 2.45) is 0 Å². The summed E-state index contributed by atoms with van der Waals surface area (Å²) in [5.41, 5.74) is 1.23. The Kier molecular flexibility index (Phi) is 3.42. The highest BCUT2D eigenvalue weighted by Gasteiger charge is 2.21. The van der Waals surface area contributed by atoms with Crippen molar-refractivity contribution < 1.29 is 0 Å². The molecule has 3 heteroatoms. The van der Waals surface area contributed by atoms with Crippen molar-refractivity contribution in [1.82, 2.24) is 10.3 Å². The molecule has 0 aliphatic heterocycles. The van der Waals surface area contributed by atoms with E-state index in [1.807, 2.05) is 11.3 Å². The lowest BCUT2D eigenvalue weighted by Crippen LogP contribution is -2.14. The summed E-state index contributed by atoms with van der Waals surface area (Å²) in [6.45, 7) is 7.64. The molecule has 15 heavy (non-hydrogen) atoms. The topological polar surface area (TPSA) is 24.9 Å². The standard InChI is InChI=1S/C12H20N2S/c1-4-8(2)12-14-9(3)11(15-12)7-13-10-5-6-10/h8,10,13H,4-7H2,1-3H3. The maximum Gasteiger partial charge on any atom is 0.0959 e. The number of hydrogen-bond acceptors (Lipinski definition) is 3. The Morgan fingerprint density at radius 2 is 2.27 bits per heavy atom. The van der Waals surface area contributed by atoms with E-state index >= 15 is 0 Å². The van der Waals surface area contributed by atoms with Gasteiger partial charge in [-0.3, -0.25) is 0 Å². The first-order valence-corrected chi connectivity index (χ1v) is 6.72. The molecule has 1 aliphatic rings. The summed E-state index contributed by atoms with van der Waals surface area (Å²) in [7, 11) is 0. The van der Waals surface area contributed by atoms with Gasteiger partial charge in [-0.15, -0.1) is 11.3 Å². The van der Waals surface area contributed by atoms with E-state index in [1.165, 1.54) is 34.8 Å². The molecule has 1 aromatic rings. The summed E-state index contributed by atoms with van der Waals surface area (Å²) >= 11 is 1.89. The van der Waals surface area contributed by atoms with Crippen molar-refractivity contribution in [1.29, 1.82) is 0 Å². The summed E-state index contributed by atoms with van der Waals surface area (Å²) in [6, 6.07) is 0.790. The van der Waals surface area contributed by atoms with Gasteiger partial charge in [-0.2, -0.15) is 0 Å². The highest BCUT2D eigenvalue weighted by molar-refractivity contribution is 7.11. The molecule has 1 fully saturated rings. The van der Waals surface area contributed by atoms with Crippen LogP contribution in [0.2, 0.25) is 0 Å². The fourth-order valence-electron chi connectivity index (χ4n) is 1.52. The number of nitrogens with one attached hydrogen (secondary N) is 1. The van der Waals surface area contributed by atoms with Gasteiger partial charge < -0.3 is 5.32 Å². The average molecular weight is 224 g/mol. The van der Waals surface area contributed by atoms with Gasteiger partial charge in [0.1, 0.15) is 0 Å². The number of aromatic nitrogens is 1. The summed E-state index contributed by atoms with van der Waals surface area (Å²) in [5, 5.41) is 4.86. The Morgan fingerprint density at radius 3 is 2.87 bits per heavy atom. The molecule has 84 valence electrons. The van der Waals surface area contributed by atoms with E-state index in [0.717, 1.165) is 12.6 Å². The van der Waals surface area contributed by atoms with E-state index in [2.05, 4.69) is 31.1 Å². The molecule has 0 amide bonds. The minimum Gasteiger partial charge on any atom is -0.309 e. The molecule has 0 radical (unpaired) electrons. The monoisotopic (exact) mass is 224 g/mol. The first kappa shape index (κ1) is 11.1. The van der Waals surface area contributed by atoms with Crippen molar-refractivity contribution in [3.05, 3.63) is 15.6 Å². The van der Waals surface area contributed by atoms with Gasteiger partial charge in [-0.25, -0.2) is 4.98 Å². The number of rotatable bonds is 5. The summed E-state index contributed by atoms with van der Waals surface area (Å²) < 4.78 is 0. The third-order valence-electron chi connectivity index (χ3n) is 3.07. The fraction of sp³-hybridized carbons (Fsp3) is 0.750. The van der Waals surface area contributed by atoms with Crippen LogP contribution >= 0.6 is 11.3 Å². The van der Waals surface area contributed by atoms with E-state index in [0.29, 0.717) is 5.92 Å². The molecule has 2 nitrogen and oxygen atoms in total. The van der Waals surface area contributed by atoms with Crippen LogP contribution in [-0.4, -0.2) is 11.0 Å². The van der Waals surface area contributed by atoms with E-state index in [9.17, 15) is 0 Å². The van der Waals surface area contributed by atoms with E-state index in [4.69, 9.17) is 0 Å². The zero-order valence-corrected chi connectivity index (χ0v) is 10.7. The number of nitrogens with zero attached hydrogens (tertiary/aromatic N) is 1. The van der Waals surface area contributed by atoms with Crippen molar-refractivity contribution in [3.8, 4) is 0 Å². The molecular weight excluding hydrogens is 204 g/mol. The van der Waals surface area contributed by atoms with Crippen LogP contribution < -0.4 is 5.32 Å². The minimum atomic E-state index is 0.614. The van der Waals surface area contributed by atoms with Gasteiger partial charge in [0.25, 0.3) is 0 Å². The van der Waals surface area contributed by atoms with Gasteiger partial charge >= 0.3 is 0 Å². The number of thiazole rings is 1. The van der Waals surface area contributed by atoms with E-state index < -0.39 is 0 Å². The SMILES string of the molecule is CCC(C)c1nc(C)c(CNC2CC2)s1. The molecule has 0 bridgehead atoms. The van der Waals surface area contributed by atoms with Crippen LogP contribution in [0.4, 0.5) is 0 Å². The molecule has 1 N–H and O–H groups in total. The maximum absolute atomic E-state index is 4.66. The first-order valence-electron chi connectivity index (χ1n) is 5.90. The Hall–Kier alpha value is -0.410. The smallest absolute Gasteiger partial charge is 0.0959 e. The number of aryl methyl sites for hydroxylation is 1. The molecule has 1 aliphatic carbocycles. The molecule has 1 heterocycles. The maximum atomic E-state index is 4.66. The quantitative estimate of drug-likeness (QED) is 0.830. The van der Waals surface area contributed by atoms with Crippen LogP contribution in [0, 0.1) is 6.92 Å². The molecule has 0 saturated heterocycles. The zero-order chi connectivity index (χ0) is 10.8. The third-order valence-corrected chi connectivity index (χ3v) is 4.46. The van der Waals surface area contributed by atoms with E-state index in [1.54, 1.807) is 0 Å². The molecule has 0 aromatic carbocycles. The Balaban J connectivity index is 1.99. The van der Waals surface area contributed by atoms with Crippen LogP contribution in [0.5, 0.6) is 0 Å². The van der Waals surface area contributed by atoms with E-state index in [-0.39, 0.29) is 0 Å². The highest BCUT2D eigenvalue weighted by Crippen LogP contribution is 2.27. The van der Waals surface area contributed by atoms with Crippen molar-refractivity contribution >= 4 is 11.3 Å². The van der Waals surface area contributed by atoms with Gasteiger partial charge in [0, 0.05) is 23.4 Å². The largest absolute Gasteiger partial charge is 0.309 e.